The number of amides is 2. The number of anilines is 1. The van der Waals surface area contributed by atoms with Gasteiger partial charge in [-0.1, -0.05) is 18.2 Å². The van der Waals surface area contributed by atoms with Crippen LogP contribution in [0.5, 0.6) is 5.75 Å². The Bertz CT molecular complexity index is 1130. The van der Waals surface area contributed by atoms with Crippen LogP contribution in [0.15, 0.2) is 47.1 Å². The summed E-state index contributed by atoms with van der Waals surface area (Å²) in [7, 11) is 1.56. The van der Waals surface area contributed by atoms with E-state index in [1.165, 1.54) is 13.2 Å². The van der Waals surface area contributed by atoms with Gasteiger partial charge in [0, 0.05) is 22.7 Å². The Morgan fingerprint density at radius 1 is 1.09 bits per heavy atom. The summed E-state index contributed by atoms with van der Waals surface area (Å²) in [5.74, 6) is -0.856. The van der Waals surface area contributed by atoms with Crippen LogP contribution in [0.4, 0.5) is 5.69 Å². The summed E-state index contributed by atoms with van der Waals surface area (Å²) in [6, 6.07) is 11.0. The lowest BCUT2D eigenvalue weighted by Crippen LogP contribution is -2.40. The number of benzene rings is 2. The molecule has 32 heavy (non-hydrogen) atoms. The van der Waals surface area contributed by atoms with Gasteiger partial charge in [-0.15, -0.1) is 0 Å². The molecule has 0 saturated heterocycles. The van der Waals surface area contributed by atoms with Crippen molar-refractivity contribution >= 4 is 34.4 Å². The fraction of sp³-hybridized carbons (Fsp3) is 0.292. The Hall–Kier alpha value is -3.81. The van der Waals surface area contributed by atoms with Gasteiger partial charge in [-0.25, -0.2) is 0 Å². The third-order valence-corrected chi connectivity index (χ3v) is 5.04. The highest BCUT2D eigenvalue weighted by Gasteiger charge is 2.20. The van der Waals surface area contributed by atoms with Crippen LogP contribution in [0, 0.1) is 13.8 Å². The first kappa shape index (κ1) is 22.9. The maximum Gasteiger partial charge on any atom is 0.311 e. The lowest BCUT2D eigenvalue weighted by molar-refractivity contribution is -0.154. The van der Waals surface area contributed by atoms with Crippen LogP contribution in [0.1, 0.15) is 23.6 Å². The van der Waals surface area contributed by atoms with Crippen LogP contribution in [-0.2, 0) is 25.5 Å². The Labute approximate surface area is 185 Å². The highest BCUT2D eigenvalue weighted by atomic mass is 16.5. The number of hydrogen-bond acceptors (Lipinski definition) is 6. The zero-order valence-electron chi connectivity index (χ0n) is 18.5. The van der Waals surface area contributed by atoms with Gasteiger partial charge in [0.15, 0.2) is 6.10 Å². The molecule has 2 N–H and O–H groups in total. The number of hydrogen-bond donors (Lipinski definition) is 2. The fourth-order valence-electron chi connectivity index (χ4n) is 3.28. The molecule has 1 aromatic heterocycles. The molecule has 168 valence electrons. The monoisotopic (exact) mass is 438 g/mol. The van der Waals surface area contributed by atoms with Crippen molar-refractivity contribution in [1.29, 1.82) is 0 Å². The highest BCUT2D eigenvalue weighted by Crippen LogP contribution is 2.26. The van der Waals surface area contributed by atoms with Crippen molar-refractivity contribution in [3.63, 3.8) is 0 Å². The summed E-state index contributed by atoms with van der Waals surface area (Å²) in [4.78, 5) is 36.7. The van der Waals surface area contributed by atoms with E-state index < -0.39 is 18.0 Å². The van der Waals surface area contributed by atoms with E-state index in [0.717, 1.165) is 22.2 Å². The molecule has 8 nitrogen and oxygen atoms in total. The van der Waals surface area contributed by atoms with E-state index in [-0.39, 0.29) is 18.9 Å². The maximum absolute atomic E-state index is 12.3. The zero-order chi connectivity index (χ0) is 23.3. The van der Waals surface area contributed by atoms with Gasteiger partial charge in [-0.2, -0.15) is 0 Å². The summed E-state index contributed by atoms with van der Waals surface area (Å²) in [5.41, 5.74) is 3.81. The molecule has 0 aliphatic heterocycles. The minimum Gasteiger partial charge on any atom is -0.497 e. The number of carbonyl (C=O) groups excluding carboxylic acids is 3. The number of esters is 1. The molecule has 0 fully saturated rings. The van der Waals surface area contributed by atoms with Crippen molar-refractivity contribution in [2.45, 2.75) is 33.3 Å². The first-order chi connectivity index (χ1) is 15.3. The average molecular weight is 438 g/mol. The molecule has 0 aliphatic rings. The molecule has 2 amide bonds. The van der Waals surface area contributed by atoms with Crippen LogP contribution < -0.4 is 15.4 Å². The topological polar surface area (TPSA) is 107 Å². The van der Waals surface area contributed by atoms with E-state index in [1.807, 2.05) is 32.0 Å². The molecule has 0 radical (unpaired) electrons. The lowest BCUT2D eigenvalue weighted by atomic mass is 10.1. The van der Waals surface area contributed by atoms with Gasteiger partial charge in [0.2, 0.25) is 5.91 Å². The normalized spacial score (nSPS) is 11.6. The summed E-state index contributed by atoms with van der Waals surface area (Å²) in [6.07, 6.45) is 0.381. The van der Waals surface area contributed by atoms with E-state index in [4.69, 9.17) is 13.9 Å². The number of ether oxygens (including phenoxy) is 2. The van der Waals surface area contributed by atoms with E-state index in [2.05, 4.69) is 10.6 Å². The second-order valence-corrected chi connectivity index (χ2v) is 7.46. The molecule has 0 aliphatic carbocycles. The summed E-state index contributed by atoms with van der Waals surface area (Å²) in [6.45, 7) is 5.00. The van der Waals surface area contributed by atoms with Gasteiger partial charge in [-0.3, -0.25) is 14.4 Å². The molecular weight excluding hydrogens is 412 g/mol. The SMILES string of the molecule is COc1ccc2c(CC(=O)OC(C)C(=O)NCC(=O)Nc3c(C)cccc3C)coc2c1. The van der Waals surface area contributed by atoms with Crippen LogP contribution in [0.3, 0.4) is 0 Å². The number of fused-ring (bicyclic) bond motifs is 1. The van der Waals surface area contributed by atoms with Crippen molar-refractivity contribution in [2.24, 2.45) is 0 Å². The third kappa shape index (κ3) is 5.46. The minimum atomic E-state index is -1.05. The molecule has 0 spiro atoms. The quantitative estimate of drug-likeness (QED) is 0.523. The van der Waals surface area contributed by atoms with Crippen LogP contribution in [0.25, 0.3) is 11.0 Å². The van der Waals surface area contributed by atoms with Gasteiger partial charge in [0.25, 0.3) is 5.91 Å². The van der Waals surface area contributed by atoms with Crippen LogP contribution in [0.2, 0.25) is 0 Å². The number of carbonyl (C=O) groups is 3. The molecule has 3 aromatic rings. The number of aryl methyl sites for hydroxylation is 2. The standard InChI is InChI=1S/C24H26N2O6/c1-14-6-5-7-15(2)23(14)26-21(27)12-25-24(29)16(3)32-22(28)10-17-13-31-20-11-18(30-4)8-9-19(17)20/h5-9,11,13,16H,10,12H2,1-4H3,(H,25,29)(H,26,27). The van der Waals surface area contributed by atoms with E-state index in [0.29, 0.717) is 16.9 Å². The Morgan fingerprint density at radius 2 is 1.81 bits per heavy atom. The second kappa shape index (κ2) is 10.00. The Morgan fingerprint density at radius 3 is 2.50 bits per heavy atom. The van der Waals surface area contributed by atoms with E-state index >= 15 is 0 Å². The predicted octanol–water partition coefficient (Wildman–Crippen LogP) is 3.29. The predicted molar refractivity (Wildman–Crippen MR) is 120 cm³/mol. The van der Waals surface area contributed by atoms with E-state index in [1.54, 1.807) is 25.3 Å². The number of furan rings is 1. The van der Waals surface area contributed by atoms with Crippen molar-refractivity contribution in [1.82, 2.24) is 5.32 Å². The van der Waals surface area contributed by atoms with Gasteiger partial charge in [-0.05, 0) is 44.0 Å². The van der Waals surface area contributed by atoms with Gasteiger partial charge in [0.05, 0.1) is 26.3 Å². The number of para-hydroxylation sites is 1. The number of methoxy groups -OCH3 is 1. The summed E-state index contributed by atoms with van der Waals surface area (Å²) < 4.78 is 15.8. The maximum atomic E-state index is 12.3. The molecule has 1 atom stereocenters. The van der Waals surface area contributed by atoms with Crippen molar-refractivity contribution in [3.8, 4) is 5.75 Å². The Kier molecular flexibility index (Phi) is 7.14. The number of nitrogens with one attached hydrogen (secondary N) is 2. The highest BCUT2D eigenvalue weighted by molar-refractivity contribution is 5.96. The van der Waals surface area contributed by atoms with Gasteiger partial charge >= 0.3 is 5.97 Å². The summed E-state index contributed by atoms with van der Waals surface area (Å²) in [5, 5.41) is 6.04. The average Bonchev–Trinajstić information content (AvgIpc) is 3.16. The second-order valence-electron chi connectivity index (χ2n) is 7.46. The first-order valence-electron chi connectivity index (χ1n) is 10.2. The lowest BCUT2D eigenvalue weighted by Gasteiger charge is -2.14. The molecule has 0 saturated carbocycles. The molecule has 0 bridgehead atoms. The van der Waals surface area contributed by atoms with Gasteiger partial charge in [0.1, 0.15) is 11.3 Å². The van der Waals surface area contributed by atoms with E-state index in [9.17, 15) is 14.4 Å². The van der Waals surface area contributed by atoms with Crippen molar-refractivity contribution < 1.29 is 28.3 Å². The number of rotatable bonds is 8. The smallest absolute Gasteiger partial charge is 0.311 e. The largest absolute Gasteiger partial charge is 0.497 e. The van der Waals surface area contributed by atoms with Crippen LogP contribution >= 0.6 is 0 Å². The first-order valence-corrected chi connectivity index (χ1v) is 10.2. The molecule has 8 heteroatoms. The summed E-state index contributed by atoms with van der Waals surface area (Å²) >= 11 is 0. The Balaban J connectivity index is 1.50. The van der Waals surface area contributed by atoms with Crippen molar-refractivity contribution in [2.75, 3.05) is 19.0 Å². The van der Waals surface area contributed by atoms with Gasteiger partial charge < -0.3 is 24.5 Å². The third-order valence-electron chi connectivity index (χ3n) is 5.04. The molecule has 1 unspecified atom stereocenters. The molecule has 3 rings (SSSR count). The minimum absolute atomic E-state index is 0.0516. The van der Waals surface area contributed by atoms with Crippen molar-refractivity contribution in [3.05, 3.63) is 59.4 Å². The molecule has 2 aromatic carbocycles. The zero-order valence-corrected chi connectivity index (χ0v) is 18.5. The fourth-order valence-corrected chi connectivity index (χ4v) is 3.28. The molecule has 1 heterocycles. The van der Waals surface area contributed by atoms with Crippen LogP contribution in [-0.4, -0.2) is 37.5 Å². The molecular formula is C24H26N2O6.